The lowest BCUT2D eigenvalue weighted by Crippen LogP contribution is -2.48. The van der Waals surface area contributed by atoms with Crippen molar-refractivity contribution < 1.29 is 23.2 Å². The van der Waals surface area contributed by atoms with E-state index in [1.165, 1.54) is 0 Å². The number of carbonyl (C=O) groups is 2. The molecule has 1 aromatic heterocycles. The first-order valence-electron chi connectivity index (χ1n) is 14.5. The molecule has 2 N–H and O–H groups in total. The number of nitrogens with zero attached hydrogens (tertiary/aromatic N) is 2. The Morgan fingerprint density at radius 2 is 1.48 bits per heavy atom. The molecule has 0 aromatic carbocycles. The van der Waals surface area contributed by atoms with Gasteiger partial charge >= 0.3 is 0 Å². The molecule has 0 spiro atoms. The largest absolute Gasteiger partial charge is 0.414 e. The monoisotopic (exact) mass is 594 g/mol. The van der Waals surface area contributed by atoms with Crippen LogP contribution in [0.4, 0.5) is 11.8 Å². The number of hydrogen-bond donors (Lipinski definition) is 2. The van der Waals surface area contributed by atoms with Gasteiger partial charge in [-0.05, 0) is 36.3 Å². The van der Waals surface area contributed by atoms with Crippen LogP contribution in [0.1, 0.15) is 87.3 Å². The van der Waals surface area contributed by atoms with E-state index in [1.54, 1.807) is 20.0 Å². The van der Waals surface area contributed by atoms with Crippen LogP contribution < -0.4 is 10.6 Å². The highest BCUT2D eigenvalue weighted by Crippen LogP contribution is 2.44. The molecule has 0 radical (unpaired) electrons. The number of carbonyl (C=O) groups excluding carboxylic acids is 2. The number of aromatic nitrogens is 2. The Bertz CT molecular complexity index is 1050. The molecule has 0 bridgehead atoms. The Balaban J connectivity index is 2.45. The second-order valence-electron chi connectivity index (χ2n) is 14.7. The zero-order valence-corrected chi connectivity index (χ0v) is 29.3. The van der Waals surface area contributed by atoms with E-state index in [9.17, 15) is 9.59 Å². The molecule has 2 rings (SSSR count). The highest BCUT2D eigenvalue weighted by atomic mass is 28.4. The molecule has 1 aromatic rings. The predicted octanol–water partition coefficient (Wildman–Crippen LogP) is 6.91. The summed E-state index contributed by atoms with van der Waals surface area (Å²) in [6.45, 7) is 30.0. The van der Waals surface area contributed by atoms with Gasteiger partial charge in [0, 0.05) is 30.0 Å². The van der Waals surface area contributed by atoms with E-state index in [0.717, 1.165) is 0 Å². The molecule has 2 amide bonds. The molecule has 1 aliphatic rings. The maximum Gasteiger partial charge on any atom is 0.231 e. The van der Waals surface area contributed by atoms with Crippen molar-refractivity contribution >= 4 is 40.2 Å². The maximum atomic E-state index is 12.7. The molecule has 9 nitrogen and oxygen atoms in total. The van der Waals surface area contributed by atoms with Crippen LogP contribution in [-0.4, -0.2) is 57.2 Å². The van der Waals surface area contributed by atoms with Crippen molar-refractivity contribution in [1.82, 2.24) is 9.97 Å². The Hall–Kier alpha value is -1.67. The molecular formula is C29H54N4O5Si2. The van der Waals surface area contributed by atoms with Gasteiger partial charge in [0.15, 0.2) is 16.6 Å². The number of rotatable bonds is 10. The van der Waals surface area contributed by atoms with E-state index in [2.05, 4.69) is 88.3 Å². The molecular weight excluding hydrogens is 541 g/mol. The molecule has 228 valence electrons. The van der Waals surface area contributed by atoms with Crippen LogP contribution in [0.25, 0.3) is 0 Å². The second-order valence-corrected chi connectivity index (χ2v) is 24.2. The summed E-state index contributed by atoms with van der Waals surface area (Å²) in [5.74, 6) is -0.365. The normalized spacial score (nSPS) is 20.8. The summed E-state index contributed by atoms with van der Waals surface area (Å²) in [4.78, 5) is 34.0. The summed E-state index contributed by atoms with van der Waals surface area (Å²) in [5.41, 5.74) is 0.662. The van der Waals surface area contributed by atoms with Crippen molar-refractivity contribution in [3.05, 3.63) is 11.8 Å². The lowest BCUT2D eigenvalue weighted by atomic mass is 10.1. The first-order valence-corrected chi connectivity index (χ1v) is 20.3. The minimum atomic E-state index is -2.12. The van der Waals surface area contributed by atoms with Gasteiger partial charge in [0.05, 0.1) is 18.8 Å². The quantitative estimate of drug-likeness (QED) is 0.283. The van der Waals surface area contributed by atoms with Crippen LogP contribution in [0, 0.1) is 11.8 Å². The van der Waals surface area contributed by atoms with E-state index in [-0.39, 0.29) is 51.9 Å². The van der Waals surface area contributed by atoms with Gasteiger partial charge in [-0.25, -0.2) is 4.98 Å². The molecule has 3 atom stereocenters. The van der Waals surface area contributed by atoms with Gasteiger partial charge in [0.2, 0.25) is 17.8 Å². The van der Waals surface area contributed by atoms with E-state index < -0.39 is 22.7 Å². The van der Waals surface area contributed by atoms with Gasteiger partial charge in [-0.2, -0.15) is 4.98 Å². The van der Waals surface area contributed by atoms with Crippen molar-refractivity contribution in [2.24, 2.45) is 11.8 Å². The molecule has 1 fully saturated rings. The fourth-order valence-corrected chi connectivity index (χ4v) is 5.93. The zero-order chi connectivity index (χ0) is 30.8. The highest BCUT2D eigenvalue weighted by molar-refractivity contribution is 6.74. The average Bonchev–Trinajstić information content (AvgIpc) is 3.17. The summed E-state index contributed by atoms with van der Waals surface area (Å²) in [6.07, 6.45) is 1.38. The third-order valence-corrected chi connectivity index (χ3v) is 17.6. The van der Waals surface area contributed by atoms with Crippen molar-refractivity contribution in [2.45, 2.75) is 130 Å². The van der Waals surface area contributed by atoms with E-state index in [0.29, 0.717) is 24.4 Å². The SMILES string of the molecule is CC(C)C(=O)Nc1ncc([C@H]2CC(O[Si](C)(C)C(C)(C)C)[C@@H](CO[Si](C)(C)C(C)(C)C)O2)c(NC(=O)C(C)C)n1. The molecule has 1 saturated heterocycles. The number of ether oxygens (including phenoxy) is 1. The van der Waals surface area contributed by atoms with Crippen LogP contribution in [-0.2, 0) is 23.2 Å². The first kappa shape index (κ1) is 34.5. The van der Waals surface area contributed by atoms with Crippen molar-refractivity contribution in [3.8, 4) is 0 Å². The Kier molecular flexibility index (Phi) is 11.0. The Morgan fingerprint density at radius 1 is 0.950 bits per heavy atom. The van der Waals surface area contributed by atoms with Crippen molar-refractivity contribution in [2.75, 3.05) is 17.2 Å². The van der Waals surface area contributed by atoms with Crippen LogP contribution in [0.15, 0.2) is 6.20 Å². The number of nitrogens with one attached hydrogen (secondary N) is 2. The maximum absolute atomic E-state index is 12.7. The van der Waals surface area contributed by atoms with E-state index in [4.69, 9.17) is 13.6 Å². The fraction of sp³-hybridized carbons (Fsp3) is 0.793. The third kappa shape index (κ3) is 8.67. The molecule has 1 aliphatic heterocycles. The Morgan fingerprint density at radius 3 is 1.98 bits per heavy atom. The van der Waals surface area contributed by atoms with Gasteiger partial charge in [0.25, 0.3) is 0 Å². The van der Waals surface area contributed by atoms with Crippen LogP contribution in [0.3, 0.4) is 0 Å². The number of hydrogen-bond acceptors (Lipinski definition) is 7. The summed E-state index contributed by atoms with van der Waals surface area (Å²) in [6, 6.07) is 0. The molecule has 2 heterocycles. The highest BCUT2D eigenvalue weighted by Gasteiger charge is 2.47. The number of amides is 2. The molecule has 0 aliphatic carbocycles. The van der Waals surface area contributed by atoms with Gasteiger partial charge < -0.3 is 18.9 Å². The minimum Gasteiger partial charge on any atom is -0.414 e. The summed E-state index contributed by atoms with van der Waals surface area (Å²) >= 11 is 0. The Labute approximate surface area is 244 Å². The van der Waals surface area contributed by atoms with Gasteiger partial charge in [-0.3, -0.25) is 14.9 Å². The topological polar surface area (TPSA) is 112 Å². The molecule has 0 saturated carbocycles. The lowest BCUT2D eigenvalue weighted by molar-refractivity contribution is -0.119. The van der Waals surface area contributed by atoms with Crippen LogP contribution in [0.2, 0.25) is 36.3 Å². The zero-order valence-electron chi connectivity index (χ0n) is 27.3. The molecule has 11 heteroatoms. The lowest BCUT2D eigenvalue weighted by Gasteiger charge is -2.40. The molecule has 1 unspecified atom stereocenters. The summed E-state index contributed by atoms with van der Waals surface area (Å²) in [5, 5.41) is 5.76. The van der Waals surface area contributed by atoms with Gasteiger partial charge in [-0.1, -0.05) is 69.2 Å². The van der Waals surface area contributed by atoms with Crippen molar-refractivity contribution in [1.29, 1.82) is 0 Å². The van der Waals surface area contributed by atoms with E-state index >= 15 is 0 Å². The second kappa shape index (κ2) is 12.7. The predicted molar refractivity (Wildman–Crippen MR) is 166 cm³/mol. The fourth-order valence-electron chi connectivity index (χ4n) is 3.55. The number of anilines is 2. The van der Waals surface area contributed by atoms with Gasteiger partial charge in [0.1, 0.15) is 11.9 Å². The third-order valence-electron chi connectivity index (χ3n) is 8.56. The van der Waals surface area contributed by atoms with E-state index in [1.807, 2.05) is 13.8 Å². The summed E-state index contributed by atoms with van der Waals surface area (Å²) < 4.78 is 20.2. The minimum absolute atomic E-state index is 0.0334. The molecule has 40 heavy (non-hydrogen) atoms. The van der Waals surface area contributed by atoms with Crippen LogP contribution in [0.5, 0.6) is 0 Å². The smallest absolute Gasteiger partial charge is 0.231 e. The standard InChI is InChI=1S/C29H54N4O5Si2/c1-18(2)25(34)31-24-20(16-30-27(32-24)33-26(35)19(3)4)21-15-22(38-40(13,14)29(8,9)10)23(37-21)17-36-39(11,12)28(5,6)7/h16,18-19,21-23H,15,17H2,1-14H3,(H2,30,31,32,33,34,35)/t21-,22?,23-/m1/s1. The average molecular weight is 595 g/mol. The van der Waals surface area contributed by atoms with Crippen LogP contribution >= 0.6 is 0 Å². The van der Waals surface area contributed by atoms with Gasteiger partial charge in [-0.15, -0.1) is 0 Å². The van der Waals surface area contributed by atoms with Crippen molar-refractivity contribution in [3.63, 3.8) is 0 Å². The summed E-state index contributed by atoms with van der Waals surface area (Å²) in [7, 11) is -4.14. The first-order chi connectivity index (χ1) is 18.1.